The van der Waals surface area contributed by atoms with Gasteiger partial charge in [0.25, 0.3) is 0 Å². The van der Waals surface area contributed by atoms with Crippen LogP contribution in [0.15, 0.2) is 0 Å². The summed E-state index contributed by atoms with van der Waals surface area (Å²) in [5.41, 5.74) is 0. The van der Waals surface area contributed by atoms with Gasteiger partial charge >= 0.3 is 46.3 Å². The molecule has 4 nitrogen and oxygen atoms in total. The van der Waals surface area contributed by atoms with Gasteiger partial charge in [0.05, 0.1) is 0 Å². The SMILES string of the molecule is CN(C)C([S-])[S-].CN(C)C([S-])[S-].[O]=[Mo+4].[O]=[Mo].[SH-].[SH-]. The third kappa shape index (κ3) is 50.9. The van der Waals surface area contributed by atoms with Crippen molar-refractivity contribution in [2.75, 3.05) is 28.2 Å². The average molecular weight is 532 g/mol. The van der Waals surface area contributed by atoms with E-state index in [1.54, 1.807) is 9.80 Å². The van der Waals surface area contributed by atoms with E-state index in [-0.39, 0.29) is 36.4 Å². The molecule has 0 unspecified atom stereocenters. The summed E-state index contributed by atoms with van der Waals surface area (Å²) in [6.45, 7) is 0. The van der Waals surface area contributed by atoms with Crippen LogP contribution in [-0.2, 0) is 124 Å². The molecule has 0 aliphatic heterocycles. The fraction of sp³-hybridized carbons (Fsp3) is 1.00. The summed E-state index contributed by atoms with van der Waals surface area (Å²) in [7, 11) is 7.46. The van der Waals surface area contributed by atoms with E-state index in [1.807, 2.05) is 28.2 Å². The Bertz CT molecular complexity index is 111. The standard InChI is InChI=1S/2C3H9NS2.2Mo.2O.2H2S/c2*1-4(2)3(5)6;;;;;;/h2*3,5-6H,1-2H3;;;;;2*1H2/q;;;+4;;;;/p-6. The largest absolute Gasteiger partial charge is 0.813 e. The molecule has 0 aromatic rings. The van der Waals surface area contributed by atoms with Crippen molar-refractivity contribution in [1.29, 1.82) is 0 Å². The molecule has 0 aliphatic carbocycles. The molecule has 18 heavy (non-hydrogen) atoms. The van der Waals surface area contributed by atoms with Gasteiger partial charge < -0.3 is 87.3 Å². The Balaban J connectivity index is -0.0000000287. The Kier molecular flexibility index (Phi) is 66.5. The van der Waals surface area contributed by atoms with Crippen molar-refractivity contribution in [2.45, 2.75) is 9.41 Å². The maximum atomic E-state index is 8.26. The van der Waals surface area contributed by atoms with E-state index in [4.69, 9.17) is 6.80 Å². The Labute approximate surface area is 169 Å². The number of hydrogen-bond acceptors (Lipinski definition) is 10. The van der Waals surface area contributed by atoms with E-state index in [0.717, 1.165) is 0 Å². The van der Waals surface area contributed by atoms with Crippen LogP contribution in [0.5, 0.6) is 0 Å². The molecule has 0 saturated carbocycles. The normalized spacial score (nSPS) is 7.89. The number of hydrogen-bond donors (Lipinski definition) is 0. The van der Waals surface area contributed by atoms with Gasteiger partial charge in [-0.25, -0.2) is 9.41 Å². The van der Waals surface area contributed by atoms with Crippen molar-refractivity contribution < 1.29 is 46.3 Å². The first-order valence-corrected chi connectivity index (χ1v) is 7.11. The number of nitrogens with zero attached hydrogens (tertiary/aromatic N) is 2. The van der Waals surface area contributed by atoms with Crippen LogP contribution in [0, 0.1) is 0 Å². The topological polar surface area (TPSA) is 40.6 Å². The molecule has 0 aliphatic rings. The van der Waals surface area contributed by atoms with E-state index < -0.39 is 0 Å². The minimum atomic E-state index is -0.148. The second-order valence-electron chi connectivity index (χ2n) is 2.54. The predicted octanol–water partition coefficient (Wildman–Crippen LogP) is -0.932. The van der Waals surface area contributed by atoms with Crippen molar-refractivity contribution in [2.24, 2.45) is 0 Å². The third-order valence-electron chi connectivity index (χ3n) is 0.843. The Hall–Kier alpha value is 3.00. The van der Waals surface area contributed by atoms with Gasteiger partial charge in [0, 0.05) is 0 Å². The van der Waals surface area contributed by atoms with Crippen LogP contribution in [0.25, 0.3) is 0 Å². The monoisotopic (exact) mass is 536 g/mol. The minimum Gasteiger partial charge on any atom is -0.813 e. The van der Waals surface area contributed by atoms with Crippen LogP contribution in [0.4, 0.5) is 0 Å². The molecule has 0 bridgehead atoms. The van der Waals surface area contributed by atoms with Crippen molar-refractivity contribution in [3.63, 3.8) is 0 Å². The van der Waals surface area contributed by atoms with E-state index in [2.05, 4.69) is 50.5 Å². The van der Waals surface area contributed by atoms with Crippen molar-refractivity contribution in [3.8, 4) is 0 Å². The maximum Gasteiger partial charge on any atom is -0.813 e. The summed E-state index contributed by atoms with van der Waals surface area (Å²) in [5, 5.41) is 0. The summed E-state index contributed by atoms with van der Waals surface area (Å²) in [6, 6.07) is 0. The first-order valence-electron chi connectivity index (χ1n) is 3.58. The Morgan fingerprint density at radius 2 is 0.833 bits per heavy atom. The van der Waals surface area contributed by atoms with Gasteiger partial charge in [-0.3, -0.25) is 0 Å². The molecule has 0 amide bonds. The van der Waals surface area contributed by atoms with Gasteiger partial charge in [-0.2, -0.15) is 0 Å². The molecular weight excluding hydrogens is 516 g/mol. The molecule has 0 radical (unpaired) electrons. The molecule has 0 heterocycles. The van der Waals surface area contributed by atoms with Crippen molar-refractivity contribution in [3.05, 3.63) is 0 Å². The molecule has 12 heteroatoms. The van der Waals surface area contributed by atoms with E-state index >= 15 is 0 Å². The molecule has 0 spiro atoms. The zero-order chi connectivity index (χ0) is 14.3. The van der Waals surface area contributed by atoms with Gasteiger partial charge in [0.2, 0.25) is 0 Å². The summed E-state index contributed by atoms with van der Waals surface area (Å²) in [4.78, 5) is 3.59. The quantitative estimate of drug-likeness (QED) is 0.253. The summed E-state index contributed by atoms with van der Waals surface area (Å²) >= 11 is 20.0. The molecule has 112 valence electrons. The van der Waals surface area contributed by atoms with Crippen LogP contribution < -0.4 is 0 Å². The number of thiol groups is 2. The first-order chi connectivity index (χ1) is 7.29. The minimum absolute atomic E-state index is 0. The van der Waals surface area contributed by atoms with Gasteiger partial charge in [-0.05, 0) is 28.2 Å². The zero-order valence-electron chi connectivity index (χ0n) is 10.2. The van der Waals surface area contributed by atoms with Crippen LogP contribution >= 0.6 is 0 Å². The van der Waals surface area contributed by atoms with E-state index in [1.165, 1.54) is 0 Å². The van der Waals surface area contributed by atoms with Gasteiger partial charge in [-0.15, -0.1) is 0 Å². The molecule has 0 N–H and O–H groups in total. The third-order valence-corrected chi connectivity index (χ3v) is 2.53. The van der Waals surface area contributed by atoms with Crippen molar-refractivity contribution >= 4 is 77.5 Å². The molecule has 0 fully saturated rings. The predicted molar refractivity (Wildman–Crippen MR) is 83.3 cm³/mol. The molecule has 0 saturated heterocycles. The van der Waals surface area contributed by atoms with E-state index in [0.29, 0.717) is 39.6 Å². The summed E-state index contributed by atoms with van der Waals surface area (Å²) in [5.74, 6) is 0. The van der Waals surface area contributed by atoms with Gasteiger partial charge in [0.1, 0.15) is 0 Å². The molecule has 0 aromatic carbocycles. The molecular formula is C6H16Mo2N2O2S6-2. The van der Waals surface area contributed by atoms with E-state index in [9.17, 15) is 0 Å². The van der Waals surface area contributed by atoms with Gasteiger partial charge in [0.15, 0.2) is 0 Å². The second-order valence-corrected chi connectivity index (χ2v) is 4.92. The Morgan fingerprint density at radius 3 is 0.833 bits per heavy atom. The van der Waals surface area contributed by atoms with Gasteiger partial charge in [-0.1, -0.05) is 0 Å². The van der Waals surface area contributed by atoms with Crippen LogP contribution in [-0.4, -0.2) is 47.4 Å². The zero-order valence-corrected chi connectivity index (χ0v) is 19.3. The summed E-state index contributed by atoms with van der Waals surface area (Å²) < 4.78 is 16.2. The number of rotatable bonds is 2. The van der Waals surface area contributed by atoms with Crippen LogP contribution in [0.2, 0.25) is 0 Å². The van der Waals surface area contributed by atoms with Crippen molar-refractivity contribution in [1.82, 2.24) is 9.80 Å². The Morgan fingerprint density at radius 1 is 0.778 bits per heavy atom. The first kappa shape index (κ1) is 37.3. The fourth-order valence-corrected chi connectivity index (χ4v) is 0. The van der Waals surface area contributed by atoms with Crippen LogP contribution in [0.1, 0.15) is 0 Å². The van der Waals surface area contributed by atoms with Crippen LogP contribution in [0.3, 0.4) is 0 Å². The average Bonchev–Trinajstić information content (AvgIpc) is 2.24. The second kappa shape index (κ2) is 32.1. The molecule has 0 atom stereocenters. The smallest absolute Gasteiger partial charge is 0.813 e. The molecule has 0 rings (SSSR count). The fourth-order valence-electron chi connectivity index (χ4n) is 0. The summed E-state index contributed by atoms with van der Waals surface area (Å²) in [6.07, 6.45) is 0. The maximum absolute atomic E-state index is 8.26. The molecule has 0 aromatic heterocycles.